The van der Waals surface area contributed by atoms with Crippen LogP contribution in [-0.4, -0.2) is 12.9 Å². The van der Waals surface area contributed by atoms with Gasteiger partial charge in [-0.05, 0) is 34.9 Å². The summed E-state index contributed by atoms with van der Waals surface area (Å²) in [5.41, 5.74) is -1.22. The highest BCUT2D eigenvalue weighted by Gasteiger charge is 2.37. The van der Waals surface area contributed by atoms with Crippen molar-refractivity contribution in [2.75, 3.05) is 6.61 Å². The minimum atomic E-state index is -4.92. The van der Waals surface area contributed by atoms with Crippen LogP contribution in [0.1, 0.15) is 39.9 Å². The van der Waals surface area contributed by atoms with E-state index >= 15 is 0 Å². The van der Waals surface area contributed by atoms with E-state index in [2.05, 4.69) is 5.32 Å². The average molecular weight is 481 g/mol. The molecule has 0 bridgehead atoms. The predicted octanol–water partition coefficient (Wildman–Crippen LogP) is 6.67. The second-order valence-electron chi connectivity index (χ2n) is 7.95. The van der Waals surface area contributed by atoms with Crippen LogP contribution in [0.3, 0.4) is 0 Å². The third kappa shape index (κ3) is 5.78. The molecule has 0 aromatic heterocycles. The molecule has 4 rings (SSSR count). The maximum Gasteiger partial charge on any atom is 0.416 e. The van der Waals surface area contributed by atoms with Gasteiger partial charge in [-0.2, -0.15) is 26.3 Å². The Bertz CT molecular complexity index is 1050. The molecule has 1 fully saturated rings. The number of benzene rings is 3. The molecule has 0 radical (unpaired) electrons. The third-order valence-corrected chi connectivity index (χ3v) is 5.50. The van der Waals surface area contributed by atoms with Crippen LogP contribution in [0, 0.1) is 0 Å². The van der Waals surface area contributed by atoms with Gasteiger partial charge in [0.25, 0.3) is 0 Å². The van der Waals surface area contributed by atoms with E-state index in [1.165, 1.54) is 0 Å². The van der Waals surface area contributed by atoms with Gasteiger partial charge in [0.1, 0.15) is 0 Å². The van der Waals surface area contributed by atoms with Gasteiger partial charge < -0.3 is 9.47 Å². The molecule has 0 spiro atoms. The third-order valence-electron chi connectivity index (χ3n) is 5.50. The number of hydrogen-bond acceptors (Lipinski definition) is 3. The van der Waals surface area contributed by atoms with Crippen molar-refractivity contribution in [3.63, 3.8) is 0 Å². The number of hydrogen-bond donors (Lipinski definition) is 1. The van der Waals surface area contributed by atoms with Gasteiger partial charge in [-0.15, -0.1) is 0 Å². The van der Waals surface area contributed by atoms with E-state index in [9.17, 15) is 26.3 Å². The Morgan fingerprint density at radius 3 is 1.82 bits per heavy atom. The first kappa shape index (κ1) is 24.3. The normalized spacial score (nSPS) is 21.4. The number of nitrogens with one attached hydrogen (secondary N) is 1. The van der Waals surface area contributed by atoms with Gasteiger partial charge in [-0.1, -0.05) is 60.7 Å². The van der Waals surface area contributed by atoms with Crippen molar-refractivity contribution in [2.24, 2.45) is 0 Å². The van der Waals surface area contributed by atoms with Crippen molar-refractivity contribution < 1.29 is 35.8 Å². The van der Waals surface area contributed by atoms with Crippen LogP contribution in [0.15, 0.2) is 78.9 Å². The summed E-state index contributed by atoms with van der Waals surface area (Å²) < 4.78 is 90.7. The van der Waals surface area contributed by atoms with Crippen LogP contribution in [0.25, 0.3) is 0 Å². The second kappa shape index (κ2) is 9.77. The highest BCUT2D eigenvalue weighted by molar-refractivity contribution is 5.33. The Kier molecular flexibility index (Phi) is 6.97. The minimum absolute atomic E-state index is 0.0966. The lowest BCUT2D eigenvalue weighted by Crippen LogP contribution is -2.45. The van der Waals surface area contributed by atoms with E-state index < -0.39 is 42.4 Å². The molecule has 3 nitrogen and oxygen atoms in total. The summed E-state index contributed by atoms with van der Waals surface area (Å²) in [5.74, 6) is 0. The monoisotopic (exact) mass is 481 g/mol. The number of halogens is 6. The lowest BCUT2D eigenvalue weighted by atomic mass is 10.00. The molecule has 0 unspecified atom stereocenters. The fourth-order valence-electron chi connectivity index (χ4n) is 3.85. The van der Waals surface area contributed by atoms with E-state index in [0.717, 1.165) is 11.1 Å². The van der Waals surface area contributed by atoms with Gasteiger partial charge in [-0.25, -0.2) is 0 Å². The molecular formula is C25H21F6NO2. The second-order valence-corrected chi connectivity index (χ2v) is 7.95. The zero-order chi connectivity index (χ0) is 24.3. The molecule has 0 amide bonds. The quantitative estimate of drug-likeness (QED) is 0.413. The number of ether oxygens (including phenoxy) is 2. The number of morpholine rings is 1. The van der Waals surface area contributed by atoms with Crippen molar-refractivity contribution in [1.82, 2.24) is 5.32 Å². The van der Waals surface area contributed by atoms with E-state index in [4.69, 9.17) is 9.47 Å². The standard InChI is InChI=1S/C25H21F6NO2/c26-24(27,28)19-11-16(12-20(13-19)25(29,30)31)14-33-23-22(18-9-5-2-6-10-18)32-21(15-34-23)17-7-3-1-4-8-17/h1-13,21-23,32H,14-15H2/t21-,22-,23-/m0/s1. The maximum absolute atomic E-state index is 13.2. The van der Waals surface area contributed by atoms with E-state index in [1.54, 1.807) is 0 Å². The fraction of sp³-hybridized carbons (Fsp3) is 0.280. The zero-order valence-corrected chi connectivity index (χ0v) is 17.7. The Labute approximate surface area is 192 Å². The van der Waals surface area contributed by atoms with Crippen LogP contribution >= 0.6 is 0 Å². The molecule has 0 aliphatic carbocycles. The van der Waals surface area contributed by atoms with Crippen molar-refractivity contribution in [2.45, 2.75) is 37.3 Å². The van der Waals surface area contributed by atoms with Crippen LogP contribution in [-0.2, 0) is 28.4 Å². The van der Waals surface area contributed by atoms with Gasteiger partial charge >= 0.3 is 12.4 Å². The predicted molar refractivity (Wildman–Crippen MR) is 112 cm³/mol. The summed E-state index contributed by atoms with van der Waals surface area (Å²) >= 11 is 0. The fourth-order valence-corrected chi connectivity index (χ4v) is 3.85. The van der Waals surface area contributed by atoms with Gasteiger partial charge in [0.15, 0.2) is 6.29 Å². The van der Waals surface area contributed by atoms with Crippen molar-refractivity contribution in [3.05, 3.63) is 107 Å². The molecular weight excluding hydrogens is 460 g/mol. The van der Waals surface area contributed by atoms with Crippen LogP contribution in [0.2, 0.25) is 0 Å². The van der Waals surface area contributed by atoms with E-state index in [-0.39, 0.29) is 24.3 Å². The Morgan fingerprint density at radius 2 is 1.29 bits per heavy atom. The minimum Gasteiger partial charge on any atom is -0.349 e. The molecule has 9 heteroatoms. The first-order chi connectivity index (χ1) is 16.1. The largest absolute Gasteiger partial charge is 0.416 e. The average Bonchev–Trinajstić information content (AvgIpc) is 2.82. The van der Waals surface area contributed by atoms with Gasteiger partial charge in [0.2, 0.25) is 0 Å². The summed E-state index contributed by atoms with van der Waals surface area (Å²) in [5, 5.41) is 3.43. The molecule has 0 saturated carbocycles. The van der Waals surface area contributed by atoms with Gasteiger partial charge in [0.05, 0.1) is 36.4 Å². The highest BCUT2D eigenvalue weighted by Crippen LogP contribution is 2.37. The summed E-state index contributed by atoms with van der Waals surface area (Å²) in [6.07, 6.45) is -10.8. The molecule has 1 heterocycles. The van der Waals surface area contributed by atoms with Crippen LogP contribution in [0.4, 0.5) is 26.3 Å². The first-order valence-electron chi connectivity index (χ1n) is 10.5. The molecule has 1 saturated heterocycles. The number of rotatable bonds is 5. The highest BCUT2D eigenvalue weighted by atomic mass is 19.4. The lowest BCUT2D eigenvalue weighted by molar-refractivity contribution is -0.194. The zero-order valence-electron chi connectivity index (χ0n) is 17.7. The van der Waals surface area contributed by atoms with Crippen molar-refractivity contribution in [1.29, 1.82) is 0 Å². The van der Waals surface area contributed by atoms with E-state index in [0.29, 0.717) is 12.1 Å². The Morgan fingerprint density at radius 1 is 0.765 bits per heavy atom. The van der Waals surface area contributed by atoms with Gasteiger partial charge in [-0.3, -0.25) is 5.32 Å². The summed E-state index contributed by atoms with van der Waals surface area (Å²) in [6.45, 7) is -0.271. The Hall–Kier alpha value is -2.88. The molecule has 34 heavy (non-hydrogen) atoms. The Balaban J connectivity index is 1.57. The lowest BCUT2D eigenvalue weighted by Gasteiger charge is -2.38. The van der Waals surface area contributed by atoms with E-state index in [1.807, 2.05) is 60.7 Å². The molecule has 180 valence electrons. The molecule has 1 N–H and O–H groups in total. The van der Waals surface area contributed by atoms with Crippen LogP contribution in [0.5, 0.6) is 0 Å². The molecule has 1 aliphatic heterocycles. The summed E-state index contributed by atoms with van der Waals surface area (Å²) in [6, 6.07) is 19.5. The molecule has 3 aromatic rings. The van der Waals surface area contributed by atoms with Crippen molar-refractivity contribution >= 4 is 0 Å². The summed E-state index contributed by atoms with van der Waals surface area (Å²) in [7, 11) is 0. The molecule has 3 aromatic carbocycles. The molecule has 3 atom stereocenters. The SMILES string of the molecule is FC(F)(F)c1cc(CO[C@H]2OC[C@@H](c3ccccc3)N[C@H]2c2ccccc2)cc(C(F)(F)F)c1. The topological polar surface area (TPSA) is 30.5 Å². The molecule has 1 aliphatic rings. The summed E-state index contributed by atoms with van der Waals surface area (Å²) in [4.78, 5) is 0. The van der Waals surface area contributed by atoms with Crippen molar-refractivity contribution in [3.8, 4) is 0 Å². The van der Waals surface area contributed by atoms with Crippen LogP contribution < -0.4 is 5.32 Å². The van der Waals surface area contributed by atoms with Gasteiger partial charge in [0, 0.05) is 0 Å². The maximum atomic E-state index is 13.2. The first-order valence-corrected chi connectivity index (χ1v) is 10.5. The number of alkyl halides is 6. The smallest absolute Gasteiger partial charge is 0.349 e.